The number of unbranched alkanes of at least 4 members (excludes halogenated alkanes) is 9. The molecule has 0 aliphatic carbocycles. The number of nitrogens with zero attached hydrogens (tertiary/aromatic N) is 3. The van der Waals surface area contributed by atoms with Crippen LogP contribution in [0.5, 0.6) is 0 Å². The predicted molar refractivity (Wildman–Crippen MR) is 118 cm³/mol. The van der Waals surface area contributed by atoms with Gasteiger partial charge in [-0.1, -0.05) is 104 Å². The first-order valence-electron chi connectivity index (χ1n) is 11.8. The minimum atomic E-state index is 0.450. The molecule has 0 saturated heterocycles. The molecule has 27 heavy (non-hydrogen) atoms. The Morgan fingerprint density at radius 1 is 0.815 bits per heavy atom. The quantitative estimate of drug-likeness (QED) is 0.278. The van der Waals surface area contributed by atoms with Crippen LogP contribution in [0, 0.1) is 11.3 Å². The average Bonchev–Trinajstić information content (AvgIpc) is 3.03. The van der Waals surface area contributed by atoms with Gasteiger partial charge in [-0.15, -0.1) is 5.10 Å². The van der Waals surface area contributed by atoms with Gasteiger partial charge in [0.2, 0.25) is 0 Å². The SMILES string of the molecule is CC(C)CCCCCCCCCCCn1cc(CCCCC(C)(C)C)nn1. The third-order valence-corrected chi connectivity index (χ3v) is 5.36. The predicted octanol–water partition coefficient (Wildman–Crippen LogP) is 7.59. The van der Waals surface area contributed by atoms with Crippen LogP contribution in [0.1, 0.15) is 124 Å². The molecule has 1 aromatic heterocycles. The molecule has 0 amide bonds. The number of hydrogen-bond donors (Lipinski definition) is 0. The maximum atomic E-state index is 4.34. The van der Waals surface area contributed by atoms with Crippen LogP contribution in [-0.4, -0.2) is 15.0 Å². The van der Waals surface area contributed by atoms with Gasteiger partial charge in [0.05, 0.1) is 5.69 Å². The van der Waals surface area contributed by atoms with E-state index in [0.29, 0.717) is 5.41 Å². The molecule has 0 aliphatic heterocycles. The number of rotatable bonds is 16. The minimum absolute atomic E-state index is 0.450. The number of hydrogen-bond acceptors (Lipinski definition) is 2. The highest BCUT2D eigenvalue weighted by molar-refractivity contribution is 4.92. The summed E-state index contributed by atoms with van der Waals surface area (Å²) in [5.74, 6) is 0.875. The topological polar surface area (TPSA) is 30.7 Å². The molecule has 0 radical (unpaired) electrons. The summed E-state index contributed by atoms with van der Waals surface area (Å²) >= 11 is 0. The van der Waals surface area contributed by atoms with E-state index in [4.69, 9.17) is 0 Å². The van der Waals surface area contributed by atoms with Crippen molar-refractivity contribution in [1.29, 1.82) is 0 Å². The van der Waals surface area contributed by atoms with Gasteiger partial charge in [0.1, 0.15) is 0 Å². The van der Waals surface area contributed by atoms with Gasteiger partial charge < -0.3 is 0 Å². The Kier molecular flexibility index (Phi) is 12.7. The molecule has 0 unspecified atom stereocenters. The zero-order valence-electron chi connectivity index (χ0n) is 19.1. The van der Waals surface area contributed by atoms with E-state index in [2.05, 4.69) is 51.1 Å². The summed E-state index contributed by atoms with van der Waals surface area (Å²) in [7, 11) is 0. The van der Waals surface area contributed by atoms with Crippen LogP contribution in [0.4, 0.5) is 0 Å². The van der Waals surface area contributed by atoms with E-state index in [1.54, 1.807) is 0 Å². The summed E-state index contributed by atoms with van der Waals surface area (Å²) in [6, 6.07) is 0. The lowest BCUT2D eigenvalue weighted by Crippen LogP contribution is -2.04. The fourth-order valence-electron chi connectivity index (χ4n) is 3.59. The molecule has 3 nitrogen and oxygen atoms in total. The second-order valence-corrected chi connectivity index (χ2v) is 10.1. The van der Waals surface area contributed by atoms with Gasteiger partial charge in [-0.2, -0.15) is 0 Å². The highest BCUT2D eigenvalue weighted by Crippen LogP contribution is 2.22. The van der Waals surface area contributed by atoms with Crippen molar-refractivity contribution in [3.8, 4) is 0 Å². The van der Waals surface area contributed by atoms with Crippen molar-refractivity contribution in [2.45, 2.75) is 131 Å². The Morgan fingerprint density at radius 2 is 1.41 bits per heavy atom. The molecule has 0 aromatic carbocycles. The van der Waals surface area contributed by atoms with Crippen molar-refractivity contribution in [1.82, 2.24) is 15.0 Å². The lowest BCUT2D eigenvalue weighted by Gasteiger charge is -2.17. The molecule has 1 heterocycles. The smallest absolute Gasteiger partial charge is 0.0827 e. The van der Waals surface area contributed by atoms with E-state index in [0.717, 1.165) is 18.9 Å². The van der Waals surface area contributed by atoms with Crippen LogP contribution in [0.25, 0.3) is 0 Å². The van der Waals surface area contributed by atoms with Gasteiger partial charge in [0.15, 0.2) is 0 Å². The van der Waals surface area contributed by atoms with E-state index in [1.165, 1.54) is 89.2 Å². The highest BCUT2D eigenvalue weighted by atomic mass is 15.4. The van der Waals surface area contributed by atoms with E-state index >= 15 is 0 Å². The second-order valence-electron chi connectivity index (χ2n) is 10.1. The molecule has 1 rings (SSSR count). The first kappa shape index (κ1) is 24.2. The largest absolute Gasteiger partial charge is 0.252 e. The average molecular weight is 378 g/mol. The second kappa shape index (κ2) is 14.2. The molecule has 0 atom stereocenters. The van der Waals surface area contributed by atoms with E-state index in [9.17, 15) is 0 Å². The molecule has 0 N–H and O–H groups in total. The van der Waals surface area contributed by atoms with Crippen molar-refractivity contribution in [3.05, 3.63) is 11.9 Å². The standard InChI is InChI=1S/C24H47N3/c1-22(2)17-13-11-9-7-6-8-10-12-16-20-27-21-23(25-26-27)18-14-15-19-24(3,4)5/h21-22H,6-20H2,1-5H3. The van der Waals surface area contributed by atoms with E-state index in [-0.39, 0.29) is 0 Å². The molecule has 0 aliphatic rings. The summed E-state index contributed by atoms with van der Waals surface area (Å²) in [6.45, 7) is 12.6. The van der Waals surface area contributed by atoms with Crippen LogP contribution in [0.15, 0.2) is 6.20 Å². The first-order valence-corrected chi connectivity index (χ1v) is 11.8. The summed E-state index contributed by atoms with van der Waals surface area (Å²) in [5.41, 5.74) is 1.62. The Balaban J connectivity index is 1.93. The van der Waals surface area contributed by atoms with Crippen molar-refractivity contribution in [2.24, 2.45) is 11.3 Å². The lowest BCUT2D eigenvalue weighted by atomic mass is 9.89. The summed E-state index contributed by atoms with van der Waals surface area (Å²) in [6.07, 6.45) is 20.9. The van der Waals surface area contributed by atoms with Gasteiger partial charge in [-0.25, -0.2) is 0 Å². The minimum Gasteiger partial charge on any atom is -0.252 e. The van der Waals surface area contributed by atoms with E-state index < -0.39 is 0 Å². The number of aromatic nitrogens is 3. The molecule has 0 saturated carbocycles. The van der Waals surface area contributed by atoms with Crippen LogP contribution in [0.3, 0.4) is 0 Å². The van der Waals surface area contributed by atoms with Gasteiger partial charge in [-0.3, -0.25) is 4.68 Å². The molecular weight excluding hydrogens is 330 g/mol. The fraction of sp³-hybridized carbons (Fsp3) is 0.917. The van der Waals surface area contributed by atoms with Gasteiger partial charge in [-0.05, 0) is 37.0 Å². The van der Waals surface area contributed by atoms with Crippen LogP contribution in [0.2, 0.25) is 0 Å². The summed E-state index contributed by atoms with van der Waals surface area (Å²) in [5, 5.41) is 8.64. The van der Waals surface area contributed by atoms with Crippen LogP contribution in [-0.2, 0) is 13.0 Å². The Labute approximate surface area is 169 Å². The molecule has 0 spiro atoms. The molecule has 0 fully saturated rings. The van der Waals surface area contributed by atoms with Crippen molar-refractivity contribution in [3.63, 3.8) is 0 Å². The highest BCUT2D eigenvalue weighted by Gasteiger charge is 2.09. The Bertz CT molecular complexity index is 456. The summed E-state index contributed by atoms with van der Waals surface area (Å²) in [4.78, 5) is 0. The van der Waals surface area contributed by atoms with Crippen molar-refractivity contribution in [2.75, 3.05) is 0 Å². The zero-order chi connectivity index (χ0) is 20.0. The van der Waals surface area contributed by atoms with Gasteiger partial charge >= 0.3 is 0 Å². The maximum Gasteiger partial charge on any atom is 0.0827 e. The Hall–Kier alpha value is -0.860. The van der Waals surface area contributed by atoms with Crippen LogP contribution >= 0.6 is 0 Å². The van der Waals surface area contributed by atoms with Crippen molar-refractivity contribution >= 4 is 0 Å². The fourth-order valence-corrected chi connectivity index (χ4v) is 3.59. The molecule has 3 heteroatoms. The number of aryl methyl sites for hydroxylation is 2. The molecule has 0 bridgehead atoms. The molecule has 158 valence electrons. The molecular formula is C24H47N3. The third kappa shape index (κ3) is 14.8. The molecule has 1 aromatic rings. The lowest BCUT2D eigenvalue weighted by molar-refractivity contribution is 0.360. The summed E-state index contributed by atoms with van der Waals surface area (Å²) < 4.78 is 2.05. The van der Waals surface area contributed by atoms with Gasteiger partial charge in [0.25, 0.3) is 0 Å². The normalized spacial score (nSPS) is 12.2. The zero-order valence-corrected chi connectivity index (χ0v) is 19.1. The van der Waals surface area contributed by atoms with Gasteiger partial charge in [0, 0.05) is 12.7 Å². The van der Waals surface area contributed by atoms with Crippen molar-refractivity contribution < 1.29 is 0 Å². The van der Waals surface area contributed by atoms with E-state index in [1.807, 2.05) is 4.68 Å². The maximum absolute atomic E-state index is 4.34. The monoisotopic (exact) mass is 377 g/mol. The Morgan fingerprint density at radius 3 is 2.00 bits per heavy atom. The first-order chi connectivity index (χ1) is 12.9. The van der Waals surface area contributed by atoms with Crippen LogP contribution < -0.4 is 0 Å². The third-order valence-electron chi connectivity index (χ3n) is 5.36.